The maximum Gasteiger partial charge on any atom is 0.160 e. The Kier molecular flexibility index (Phi) is 6.13. The van der Waals surface area contributed by atoms with Gasteiger partial charge in [-0.3, -0.25) is 0 Å². The molecule has 0 N–H and O–H groups in total. The van der Waals surface area contributed by atoms with Crippen LogP contribution >= 0.6 is 0 Å². The van der Waals surface area contributed by atoms with E-state index in [0.717, 1.165) is 39.5 Å². The van der Waals surface area contributed by atoms with Gasteiger partial charge in [0.05, 0.1) is 16.8 Å². The molecule has 0 bridgehead atoms. The van der Waals surface area contributed by atoms with E-state index in [1.807, 2.05) is 6.07 Å². The number of nitrogens with zero attached hydrogens (tertiary/aromatic N) is 2. The van der Waals surface area contributed by atoms with Gasteiger partial charge < -0.3 is 0 Å². The molecule has 7 aromatic carbocycles. The summed E-state index contributed by atoms with van der Waals surface area (Å²) in [4.78, 5) is 10.5. The Morgan fingerprint density at radius 2 is 0.755 bits per heavy atom. The third-order valence-electron chi connectivity index (χ3n) is 10.3. The van der Waals surface area contributed by atoms with Crippen molar-refractivity contribution in [3.05, 3.63) is 204 Å². The van der Waals surface area contributed by atoms with Crippen molar-refractivity contribution < 1.29 is 0 Å². The van der Waals surface area contributed by atoms with Gasteiger partial charge in [0.15, 0.2) is 5.82 Å². The second-order valence-corrected chi connectivity index (χ2v) is 12.9. The highest BCUT2D eigenvalue weighted by molar-refractivity contribution is 5.95. The first-order valence-electron chi connectivity index (χ1n) is 16.8. The van der Waals surface area contributed by atoms with Crippen molar-refractivity contribution in [2.75, 3.05) is 0 Å². The summed E-state index contributed by atoms with van der Waals surface area (Å²) < 4.78 is 0. The van der Waals surface area contributed by atoms with Crippen LogP contribution in [0.25, 0.3) is 67.3 Å². The van der Waals surface area contributed by atoms with Gasteiger partial charge in [-0.25, -0.2) is 9.97 Å². The maximum atomic E-state index is 5.30. The molecule has 8 aromatic rings. The third-order valence-corrected chi connectivity index (χ3v) is 10.3. The first-order valence-corrected chi connectivity index (χ1v) is 16.8. The molecule has 2 nitrogen and oxygen atoms in total. The zero-order valence-corrected chi connectivity index (χ0v) is 26.7. The van der Waals surface area contributed by atoms with Gasteiger partial charge in [0, 0.05) is 16.7 Å². The molecule has 1 heterocycles. The number of fused-ring (bicyclic) bond motifs is 10. The molecular formula is C47H30N2. The molecule has 2 aliphatic carbocycles. The average Bonchev–Trinajstić information content (AvgIpc) is 3.66. The zero-order chi connectivity index (χ0) is 32.4. The number of hydrogen-bond donors (Lipinski definition) is 0. The van der Waals surface area contributed by atoms with Crippen molar-refractivity contribution in [3.8, 4) is 67.3 Å². The molecule has 228 valence electrons. The van der Waals surface area contributed by atoms with Crippen molar-refractivity contribution in [2.45, 2.75) is 5.41 Å². The largest absolute Gasteiger partial charge is 0.228 e. The van der Waals surface area contributed by atoms with Crippen LogP contribution in [0.2, 0.25) is 0 Å². The molecule has 0 saturated carbocycles. The van der Waals surface area contributed by atoms with E-state index >= 15 is 0 Å². The minimum Gasteiger partial charge on any atom is -0.228 e. The molecule has 0 aliphatic heterocycles. The van der Waals surface area contributed by atoms with Gasteiger partial charge in [0.2, 0.25) is 0 Å². The summed E-state index contributed by atoms with van der Waals surface area (Å²) in [5, 5.41) is 0. The second-order valence-electron chi connectivity index (χ2n) is 12.9. The van der Waals surface area contributed by atoms with Gasteiger partial charge >= 0.3 is 0 Å². The summed E-state index contributed by atoms with van der Waals surface area (Å²) in [6.07, 6.45) is 0. The van der Waals surface area contributed by atoms with Gasteiger partial charge in [-0.15, -0.1) is 0 Å². The molecule has 49 heavy (non-hydrogen) atoms. The van der Waals surface area contributed by atoms with Crippen LogP contribution in [0.15, 0.2) is 182 Å². The molecule has 1 aromatic heterocycles. The van der Waals surface area contributed by atoms with E-state index in [1.165, 1.54) is 50.1 Å². The lowest BCUT2D eigenvalue weighted by molar-refractivity contribution is 0.794. The molecule has 0 radical (unpaired) electrons. The highest BCUT2D eigenvalue weighted by Crippen LogP contribution is 2.62. The van der Waals surface area contributed by atoms with Crippen LogP contribution in [0.1, 0.15) is 22.3 Å². The molecular weight excluding hydrogens is 593 g/mol. The minimum absolute atomic E-state index is 0.418. The summed E-state index contributed by atoms with van der Waals surface area (Å²) >= 11 is 0. The first kappa shape index (κ1) is 27.7. The molecule has 0 atom stereocenters. The van der Waals surface area contributed by atoms with Gasteiger partial charge in [0.1, 0.15) is 0 Å². The van der Waals surface area contributed by atoms with Crippen LogP contribution in [0.5, 0.6) is 0 Å². The lowest BCUT2D eigenvalue weighted by atomic mass is 9.70. The molecule has 2 aliphatic rings. The Labute approximate surface area is 286 Å². The van der Waals surface area contributed by atoms with Gasteiger partial charge in [0.25, 0.3) is 0 Å². The summed E-state index contributed by atoms with van der Waals surface area (Å²) in [6, 6.07) is 65.4. The highest BCUT2D eigenvalue weighted by Gasteiger charge is 2.51. The van der Waals surface area contributed by atoms with Crippen LogP contribution in [-0.4, -0.2) is 9.97 Å². The minimum atomic E-state index is -0.418. The average molecular weight is 623 g/mol. The summed E-state index contributed by atoms with van der Waals surface area (Å²) in [6.45, 7) is 0. The lowest BCUT2D eigenvalue weighted by Gasteiger charge is -2.30. The van der Waals surface area contributed by atoms with E-state index in [9.17, 15) is 0 Å². The van der Waals surface area contributed by atoms with E-state index < -0.39 is 5.41 Å². The molecule has 2 heteroatoms. The number of rotatable bonds is 4. The molecule has 0 fully saturated rings. The molecule has 10 rings (SSSR count). The Bertz CT molecular complexity index is 2490. The lowest BCUT2D eigenvalue weighted by Crippen LogP contribution is -2.25. The van der Waals surface area contributed by atoms with E-state index in [2.05, 4.69) is 176 Å². The topological polar surface area (TPSA) is 25.8 Å². The van der Waals surface area contributed by atoms with Crippen molar-refractivity contribution in [1.29, 1.82) is 0 Å². The van der Waals surface area contributed by atoms with Crippen molar-refractivity contribution in [2.24, 2.45) is 0 Å². The molecule has 0 unspecified atom stereocenters. The Balaban J connectivity index is 1.21. The summed E-state index contributed by atoms with van der Waals surface area (Å²) in [5.74, 6) is 0.718. The van der Waals surface area contributed by atoms with Crippen LogP contribution in [0.3, 0.4) is 0 Å². The fourth-order valence-electron chi connectivity index (χ4n) is 8.20. The van der Waals surface area contributed by atoms with Crippen molar-refractivity contribution in [3.63, 3.8) is 0 Å². The number of hydrogen-bond acceptors (Lipinski definition) is 2. The number of benzene rings is 7. The molecule has 1 spiro atoms. The highest BCUT2D eigenvalue weighted by atomic mass is 14.9. The standard InChI is InChI=1S/C47H30N2/c1-3-14-31(15-4-1)33-18-13-19-34(28-33)45-30-44(32-16-5-2-6-17-32)48-46(49-45)35-26-27-39-38-22-9-12-25-42(38)47(43(39)29-35)40-23-10-7-20-36(40)37-21-8-11-24-41(37)47/h1-30H. The first-order chi connectivity index (χ1) is 24.3. The third kappa shape index (κ3) is 4.14. The zero-order valence-electron chi connectivity index (χ0n) is 26.7. The van der Waals surface area contributed by atoms with Crippen LogP contribution in [-0.2, 0) is 5.41 Å². The predicted molar refractivity (Wildman–Crippen MR) is 200 cm³/mol. The van der Waals surface area contributed by atoms with Crippen LogP contribution in [0, 0.1) is 0 Å². The quantitative estimate of drug-likeness (QED) is 0.195. The summed E-state index contributed by atoms with van der Waals surface area (Å²) in [5.41, 5.74) is 17.3. The van der Waals surface area contributed by atoms with E-state index in [1.54, 1.807) is 0 Å². The fourth-order valence-corrected chi connectivity index (χ4v) is 8.20. The van der Waals surface area contributed by atoms with Crippen LogP contribution < -0.4 is 0 Å². The van der Waals surface area contributed by atoms with Gasteiger partial charge in [-0.1, -0.05) is 164 Å². The van der Waals surface area contributed by atoms with E-state index in [0.29, 0.717) is 0 Å². The van der Waals surface area contributed by atoms with E-state index in [4.69, 9.17) is 9.97 Å². The molecule has 0 amide bonds. The second kappa shape index (κ2) is 10.8. The predicted octanol–water partition coefficient (Wildman–Crippen LogP) is 11.5. The normalized spacial score (nSPS) is 13.1. The smallest absolute Gasteiger partial charge is 0.160 e. The monoisotopic (exact) mass is 622 g/mol. The maximum absolute atomic E-state index is 5.30. The Morgan fingerprint density at radius 1 is 0.286 bits per heavy atom. The van der Waals surface area contributed by atoms with Crippen LogP contribution in [0.4, 0.5) is 0 Å². The van der Waals surface area contributed by atoms with Gasteiger partial charge in [-0.05, 0) is 73.8 Å². The van der Waals surface area contributed by atoms with Crippen molar-refractivity contribution in [1.82, 2.24) is 9.97 Å². The van der Waals surface area contributed by atoms with E-state index in [-0.39, 0.29) is 0 Å². The SMILES string of the molecule is c1ccc(-c2cccc(-c3cc(-c4ccccc4)nc(-c4ccc5c(c4)C4(c6ccccc6-c6ccccc64)c4ccccc4-5)n3)c2)cc1. The molecule has 0 saturated heterocycles. The Hall–Kier alpha value is -6.38. The van der Waals surface area contributed by atoms with Crippen molar-refractivity contribution >= 4 is 0 Å². The van der Waals surface area contributed by atoms with Gasteiger partial charge in [-0.2, -0.15) is 0 Å². The Morgan fingerprint density at radius 3 is 1.37 bits per heavy atom. The number of aromatic nitrogens is 2. The fraction of sp³-hybridized carbons (Fsp3) is 0.0213. The summed E-state index contributed by atoms with van der Waals surface area (Å²) in [7, 11) is 0.